The highest BCUT2D eigenvalue weighted by Gasteiger charge is 2.15. The first-order valence-electron chi connectivity index (χ1n) is 6.59. The molecule has 7 heteroatoms. The van der Waals surface area contributed by atoms with Gasteiger partial charge in [-0.05, 0) is 31.5 Å². The molecule has 0 heterocycles. The lowest BCUT2D eigenvalue weighted by atomic mass is 10.3. The Morgan fingerprint density at radius 1 is 1.43 bits per heavy atom. The summed E-state index contributed by atoms with van der Waals surface area (Å²) >= 11 is 5.77. The SMILES string of the molecule is CCCNC(=O)[C@@H](C)NC(=O)COc1ccc(F)cc1Cl. The van der Waals surface area contributed by atoms with Gasteiger partial charge in [0, 0.05) is 6.54 Å². The van der Waals surface area contributed by atoms with Gasteiger partial charge in [-0.2, -0.15) is 0 Å². The van der Waals surface area contributed by atoms with Crippen molar-refractivity contribution in [2.45, 2.75) is 26.3 Å². The Hall–Kier alpha value is -1.82. The van der Waals surface area contributed by atoms with Crippen LogP contribution in [0.25, 0.3) is 0 Å². The lowest BCUT2D eigenvalue weighted by molar-refractivity contribution is -0.129. The molecule has 1 aromatic rings. The molecule has 0 bridgehead atoms. The molecule has 5 nitrogen and oxygen atoms in total. The van der Waals surface area contributed by atoms with Crippen LogP contribution in [-0.4, -0.2) is 31.0 Å². The van der Waals surface area contributed by atoms with Gasteiger partial charge in [0.05, 0.1) is 5.02 Å². The molecule has 0 fully saturated rings. The van der Waals surface area contributed by atoms with Gasteiger partial charge in [0.1, 0.15) is 17.6 Å². The van der Waals surface area contributed by atoms with Crippen LogP contribution in [-0.2, 0) is 9.59 Å². The molecule has 1 atom stereocenters. The Kier molecular flexibility index (Phi) is 6.94. The van der Waals surface area contributed by atoms with Crippen LogP contribution in [0.4, 0.5) is 4.39 Å². The summed E-state index contributed by atoms with van der Waals surface area (Å²) in [7, 11) is 0. The largest absolute Gasteiger partial charge is 0.482 e. The van der Waals surface area contributed by atoms with Crippen molar-refractivity contribution in [3.63, 3.8) is 0 Å². The number of amides is 2. The summed E-state index contributed by atoms with van der Waals surface area (Å²) in [4.78, 5) is 23.2. The molecule has 0 aliphatic carbocycles. The highest BCUT2D eigenvalue weighted by Crippen LogP contribution is 2.24. The molecule has 0 spiro atoms. The molecule has 0 aromatic heterocycles. The normalized spacial score (nSPS) is 11.6. The first-order chi connectivity index (χ1) is 9.93. The van der Waals surface area contributed by atoms with Gasteiger partial charge in [0.2, 0.25) is 5.91 Å². The van der Waals surface area contributed by atoms with Crippen molar-refractivity contribution in [3.8, 4) is 5.75 Å². The van der Waals surface area contributed by atoms with E-state index < -0.39 is 17.8 Å². The van der Waals surface area contributed by atoms with Crippen LogP contribution in [0.3, 0.4) is 0 Å². The molecule has 0 aliphatic rings. The van der Waals surface area contributed by atoms with E-state index in [0.29, 0.717) is 6.54 Å². The highest BCUT2D eigenvalue weighted by molar-refractivity contribution is 6.32. The van der Waals surface area contributed by atoms with Gasteiger partial charge in [-0.1, -0.05) is 18.5 Å². The van der Waals surface area contributed by atoms with Crippen LogP contribution < -0.4 is 15.4 Å². The van der Waals surface area contributed by atoms with Gasteiger partial charge >= 0.3 is 0 Å². The fraction of sp³-hybridized carbons (Fsp3) is 0.429. The maximum atomic E-state index is 12.8. The van der Waals surface area contributed by atoms with E-state index in [1.54, 1.807) is 6.92 Å². The second-order valence-electron chi connectivity index (χ2n) is 4.44. The number of carbonyl (C=O) groups excluding carboxylic acids is 2. The topological polar surface area (TPSA) is 67.4 Å². The smallest absolute Gasteiger partial charge is 0.258 e. The minimum absolute atomic E-state index is 0.0801. The van der Waals surface area contributed by atoms with Gasteiger partial charge in [-0.15, -0.1) is 0 Å². The summed E-state index contributed by atoms with van der Waals surface area (Å²) in [5.41, 5.74) is 0. The lowest BCUT2D eigenvalue weighted by Gasteiger charge is -2.14. The predicted molar refractivity (Wildman–Crippen MR) is 77.8 cm³/mol. The molecular formula is C14H18ClFN2O3. The number of halogens is 2. The third-order valence-corrected chi connectivity index (χ3v) is 2.87. The summed E-state index contributed by atoms with van der Waals surface area (Å²) in [6.45, 7) is 3.76. The van der Waals surface area contributed by atoms with Crippen molar-refractivity contribution in [2.24, 2.45) is 0 Å². The minimum Gasteiger partial charge on any atom is -0.482 e. The molecular weight excluding hydrogens is 299 g/mol. The zero-order valence-electron chi connectivity index (χ0n) is 11.9. The van der Waals surface area contributed by atoms with E-state index in [9.17, 15) is 14.0 Å². The Morgan fingerprint density at radius 3 is 2.76 bits per heavy atom. The Labute approximate surface area is 127 Å². The zero-order chi connectivity index (χ0) is 15.8. The van der Waals surface area contributed by atoms with Crippen molar-refractivity contribution >= 4 is 23.4 Å². The monoisotopic (exact) mass is 316 g/mol. The summed E-state index contributed by atoms with van der Waals surface area (Å²) in [5.74, 6) is -1.01. The molecule has 0 unspecified atom stereocenters. The minimum atomic E-state index is -0.656. The van der Waals surface area contributed by atoms with Gasteiger partial charge in [-0.25, -0.2) is 4.39 Å². The molecule has 0 aliphatic heterocycles. The van der Waals surface area contributed by atoms with E-state index in [0.717, 1.165) is 12.5 Å². The third-order valence-electron chi connectivity index (χ3n) is 2.57. The number of hydrogen-bond donors (Lipinski definition) is 2. The van der Waals surface area contributed by atoms with Crippen molar-refractivity contribution in [2.75, 3.05) is 13.2 Å². The van der Waals surface area contributed by atoms with E-state index in [1.807, 2.05) is 6.92 Å². The third kappa shape index (κ3) is 5.99. The van der Waals surface area contributed by atoms with Crippen LogP contribution >= 0.6 is 11.6 Å². The van der Waals surface area contributed by atoms with Crippen molar-refractivity contribution in [3.05, 3.63) is 29.0 Å². The molecule has 2 amide bonds. The first kappa shape index (κ1) is 17.2. The average Bonchev–Trinajstić information content (AvgIpc) is 2.43. The summed E-state index contributed by atoms with van der Waals surface area (Å²) in [6.07, 6.45) is 0.818. The fourth-order valence-electron chi connectivity index (χ4n) is 1.49. The van der Waals surface area contributed by atoms with E-state index in [4.69, 9.17) is 16.3 Å². The maximum Gasteiger partial charge on any atom is 0.258 e. The number of benzene rings is 1. The molecule has 0 saturated heterocycles. The standard InChI is InChI=1S/C14H18ClFN2O3/c1-3-6-17-14(20)9(2)18-13(19)8-21-12-5-4-10(16)7-11(12)15/h4-5,7,9H,3,6,8H2,1-2H3,(H,17,20)(H,18,19)/t9-/m1/s1. The maximum absolute atomic E-state index is 12.8. The first-order valence-corrected chi connectivity index (χ1v) is 6.96. The average molecular weight is 317 g/mol. The second-order valence-corrected chi connectivity index (χ2v) is 4.85. The number of nitrogens with one attached hydrogen (secondary N) is 2. The van der Waals surface area contributed by atoms with Gasteiger partial charge in [-0.3, -0.25) is 9.59 Å². The number of ether oxygens (including phenoxy) is 1. The van der Waals surface area contributed by atoms with Crippen molar-refractivity contribution in [1.29, 1.82) is 0 Å². The predicted octanol–water partition coefficient (Wildman–Crippen LogP) is 1.89. The number of rotatable bonds is 7. The molecule has 0 radical (unpaired) electrons. The molecule has 116 valence electrons. The lowest BCUT2D eigenvalue weighted by Crippen LogP contribution is -2.46. The van der Waals surface area contributed by atoms with Crippen LogP contribution in [0.2, 0.25) is 5.02 Å². The molecule has 21 heavy (non-hydrogen) atoms. The van der Waals surface area contributed by atoms with E-state index in [2.05, 4.69) is 10.6 Å². The Morgan fingerprint density at radius 2 is 2.14 bits per heavy atom. The second kappa shape index (κ2) is 8.46. The molecule has 1 aromatic carbocycles. The van der Waals surface area contributed by atoms with Gasteiger partial charge in [0.25, 0.3) is 5.91 Å². The number of hydrogen-bond acceptors (Lipinski definition) is 3. The van der Waals surface area contributed by atoms with Gasteiger partial charge in [0.15, 0.2) is 6.61 Å². The quantitative estimate of drug-likeness (QED) is 0.807. The van der Waals surface area contributed by atoms with E-state index in [-0.39, 0.29) is 23.3 Å². The van der Waals surface area contributed by atoms with Crippen LogP contribution in [0.15, 0.2) is 18.2 Å². The van der Waals surface area contributed by atoms with Crippen LogP contribution in [0.5, 0.6) is 5.75 Å². The van der Waals surface area contributed by atoms with E-state index in [1.165, 1.54) is 12.1 Å². The molecule has 0 saturated carbocycles. The summed E-state index contributed by atoms with van der Waals surface area (Å²) < 4.78 is 18.0. The number of carbonyl (C=O) groups is 2. The highest BCUT2D eigenvalue weighted by atomic mass is 35.5. The molecule has 2 N–H and O–H groups in total. The Bertz CT molecular complexity index is 511. The summed E-state index contributed by atoms with van der Waals surface area (Å²) in [5, 5.41) is 5.25. The van der Waals surface area contributed by atoms with Crippen molar-refractivity contribution < 1.29 is 18.7 Å². The van der Waals surface area contributed by atoms with Crippen LogP contribution in [0, 0.1) is 5.82 Å². The zero-order valence-corrected chi connectivity index (χ0v) is 12.7. The molecule has 1 rings (SSSR count). The van der Waals surface area contributed by atoms with E-state index >= 15 is 0 Å². The van der Waals surface area contributed by atoms with Crippen molar-refractivity contribution in [1.82, 2.24) is 10.6 Å². The van der Waals surface area contributed by atoms with Gasteiger partial charge < -0.3 is 15.4 Å². The fourth-order valence-corrected chi connectivity index (χ4v) is 1.71. The Balaban J connectivity index is 2.41. The summed E-state index contributed by atoms with van der Waals surface area (Å²) in [6, 6.07) is 2.95. The van der Waals surface area contributed by atoms with Crippen LogP contribution in [0.1, 0.15) is 20.3 Å².